The van der Waals surface area contributed by atoms with E-state index in [0.29, 0.717) is 49.3 Å². The fourth-order valence-electron chi connectivity index (χ4n) is 2.60. The van der Waals surface area contributed by atoms with Crippen LogP contribution in [0.4, 0.5) is 0 Å². The van der Waals surface area contributed by atoms with Crippen LogP contribution in [0.2, 0.25) is 0 Å². The number of hydrogen-bond acceptors (Lipinski definition) is 3. The third-order valence-electron chi connectivity index (χ3n) is 3.94. The van der Waals surface area contributed by atoms with Gasteiger partial charge >= 0.3 is 0 Å². The Labute approximate surface area is 105 Å². The monoisotopic (exact) mass is 239 g/mol. The Morgan fingerprint density at radius 3 is 1.76 bits per heavy atom. The summed E-state index contributed by atoms with van der Waals surface area (Å²) in [5, 5.41) is 0. The summed E-state index contributed by atoms with van der Waals surface area (Å²) in [6.45, 7) is 3.84. The van der Waals surface area contributed by atoms with Crippen LogP contribution in [0.5, 0.6) is 0 Å². The predicted molar refractivity (Wildman–Crippen MR) is 69.0 cm³/mol. The van der Waals surface area contributed by atoms with Crippen LogP contribution in [0.3, 0.4) is 0 Å². The molecule has 1 heterocycles. The number of piperidine rings is 1. The van der Waals surface area contributed by atoms with E-state index >= 15 is 0 Å². The first-order chi connectivity index (χ1) is 8.08. The zero-order valence-corrected chi connectivity index (χ0v) is 11.4. The van der Waals surface area contributed by atoms with Gasteiger partial charge in [0.15, 0.2) is 0 Å². The summed E-state index contributed by atoms with van der Waals surface area (Å²) in [4.78, 5) is 25.3. The van der Waals surface area contributed by atoms with E-state index < -0.39 is 0 Å². The van der Waals surface area contributed by atoms with Crippen molar-refractivity contribution in [2.24, 2.45) is 0 Å². The number of likely N-dealkylation sites (tertiary alicyclic amines) is 1. The smallest absolute Gasteiger partial charge is 0.134 e. The van der Waals surface area contributed by atoms with Crippen molar-refractivity contribution >= 4 is 11.6 Å². The molecule has 0 radical (unpaired) electrons. The Kier molecular flexibility index (Phi) is 5.83. The summed E-state index contributed by atoms with van der Waals surface area (Å²) in [6, 6.07) is 0.705. The van der Waals surface area contributed by atoms with Gasteiger partial charge in [0.05, 0.1) is 0 Å². The second-order valence-corrected chi connectivity index (χ2v) is 5.10. The highest BCUT2D eigenvalue weighted by Crippen LogP contribution is 2.26. The van der Waals surface area contributed by atoms with E-state index in [2.05, 4.69) is 11.9 Å². The first-order valence-corrected chi connectivity index (χ1v) is 6.83. The van der Waals surface area contributed by atoms with Crippen molar-refractivity contribution < 1.29 is 9.59 Å². The van der Waals surface area contributed by atoms with E-state index in [-0.39, 0.29) is 0 Å². The van der Waals surface area contributed by atoms with E-state index in [0.717, 1.165) is 19.3 Å². The lowest BCUT2D eigenvalue weighted by molar-refractivity contribution is -0.121. The highest BCUT2D eigenvalue weighted by atomic mass is 16.1. The SMILES string of the molecule is CCC(=O)CC1CCCC(CC(=O)CC)N1C. The van der Waals surface area contributed by atoms with Crippen LogP contribution >= 0.6 is 0 Å². The molecular weight excluding hydrogens is 214 g/mol. The van der Waals surface area contributed by atoms with Gasteiger partial charge in [-0.15, -0.1) is 0 Å². The van der Waals surface area contributed by atoms with Gasteiger partial charge in [0, 0.05) is 37.8 Å². The second kappa shape index (κ2) is 6.90. The molecule has 1 fully saturated rings. The molecule has 2 atom stereocenters. The first-order valence-electron chi connectivity index (χ1n) is 6.83. The van der Waals surface area contributed by atoms with Gasteiger partial charge in [-0.1, -0.05) is 20.3 Å². The quantitative estimate of drug-likeness (QED) is 0.715. The second-order valence-electron chi connectivity index (χ2n) is 5.10. The van der Waals surface area contributed by atoms with Gasteiger partial charge in [-0.3, -0.25) is 14.5 Å². The van der Waals surface area contributed by atoms with Crippen LogP contribution in [0, 0.1) is 0 Å². The first kappa shape index (κ1) is 14.4. The maximum Gasteiger partial charge on any atom is 0.134 e. The lowest BCUT2D eigenvalue weighted by atomic mass is 9.90. The highest BCUT2D eigenvalue weighted by molar-refractivity contribution is 5.79. The maximum absolute atomic E-state index is 11.5. The molecular formula is C14H25NO2. The van der Waals surface area contributed by atoms with Gasteiger partial charge < -0.3 is 0 Å². The topological polar surface area (TPSA) is 37.4 Å². The molecule has 0 N–H and O–H groups in total. The van der Waals surface area contributed by atoms with Crippen molar-refractivity contribution in [3.05, 3.63) is 0 Å². The van der Waals surface area contributed by atoms with Crippen LogP contribution in [-0.4, -0.2) is 35.6 Å². The lowest BCUT2D eigenvalue weighted by Crippen LogP contribution is -2.45. The molecule has 1 rings (SSSR count). The van der Waals surface area contributed by atoms with Crippen molar-refractivity contribution in [3.8, 4) is 0 Å². The summed E-state index contributed by atoms with van der Waals surface area (Å²) >= 11 is 0. The molecule has 0 bridgehead atoms. The van der Waals surface area contributed by atoms with Gasteiger partial charge in [0.1, 0.15) is 11.6 Å². The summed E-state index contributed by atoms with van der Waals surface area (Å²) in [6.07, 6.45) is 5.91. The minimum absolute atomic E-state index is 0.337. The predicted octanol–water partition coefficient (Wildman–Crippen LogP) is 2.58. The van der Waals surface area contributed by atoms with E-state index in [1.807, 2.05) is 13.8 Å². The number of rotatable bonds is 6. The summed E-state index contributed by atoms with van der Waals surface area (Å²) in [7, 11) is 2.07. The van der Waals surface area contributed by atoms with Crippen LogP contribution in [0.15, 0.2) is 0 Å². The summed E-state index contributed by atoms with van der Waals surface area (Å²) < 4.78 is 0. The Bertz CT molecular complexity index is 249. The molecule has 1 saturated heterocycles. The van der Waals surface area contributed by atoms with Gasteiger partial charge in [-0.2, -0.15) is 0 Å². The number of carbonyl (C=O) groups excluding carboxylic acids is 2. The number of nitrogens with zero attached hydrogens (tertiary/aromatic N) is 1. The Balaban J connectivity index is 2.52. The standard InChI is InChI=1S/C14H25NO2/c1-4-13(16)9-11-7-6-8-12(15(11)3)10-14(17)5-2/h11-12H,4-10H2,1-3H3. The zero-order valence-electron chi connectivity index (χ0n) is 11.4. The van der Waals surface area contributed by atoms with E-state index in [1.165, 1.54) is 0 Å². The molecule has 0 saturated carbocycles. The van der Waals surface area contributed by atoms with Crippen LogP contribution in [0.1, 0.15) is 58.8 Å². The van der Waals surface area contributed by atoms with Crippen LogP contribution in [0.25, 0.3) is 0 Å². The number of ketones is 2. The molecule has 1 aliphatic heterocycles. The third kappa shape index (κ3) is 4.23. The largest absolute Gasteiger partial charge is 0.300 e. The van der Waals surface area contributed by atoms with Gasteiger partial charge in [0.25, 0.3) is 0 Å². The molecule has 3 heteroatoms. The molecule has 3 nitrogen and oxygen atoms in total. The molecule has 2 unspecified atom stereocenters. The van der Waals surface area contributed by atoms with Crippen molar-refractivity contribution in [1.29, 1.82) is 0 Å². The minimum Gasteiger partial charge on any atom is -0.300 e. The molecule has 98 valence electrons. The number of hydrogen-bond donors (Lipinski definition) is 0. The lowest BCUT2D eigenvalue weighted by Gasteiger charge is -2.39. The zero-order chi connectivity index (χ0) is 12.8. The molecule has 0 spiro atoms. The molecule has 1 aliphatic rings. The van der Waals surface area contributed by atoms with Gasteiger partial charge in [-0.25, -0.2) is 0 Å². The molecule has 0 aromatic rings. The van der Waals surface area contributed by atoms with Gasteiger partial charge in [0.2, 0.25) is 0 Å². The average Bonchev–Trinajstić information content (AvgIpc) is 2.33. The highest BCUT2D eigenvalue weighted by Gasteiger charge is 2.29. The Morgan fingerprint density at radius 1 is 1.00 bits per heavy atom. The fraction of sp³-hybridized carbons (Fsp3) is 0.857. The van der Waals surface area contributed by atoms with E-state index in [4.69, 9.17) is 0 Å². The minimum atomic E-state index is 0.337. The van der Waals surface area contributed by atoms with Crippen molar-refractivity contribution in [2.45, 2.75) is 70.9 Å². The molecule has 0 aliphatic carbocycles. The normalized spacial score (nSPS) is 25.8. The molecule has 0 aromatic heterocycles. The fourth-order valence-corrected chi connectivity index (χ4v) is 2.60. The summed E-state index contributed by atoms with van der Waals surface area (Å²) in [5.41, 5.74) is 0. The molecule has 17 heavy (non-hydrogen) atoms. The third-order valence-corrected chi connectivity index (χ3v) is 3.94. The Morgan fingerprint density at radius 2 is 1.41 bits per heavy atom. The van der Waals surface area contributed by atoms with Crippen molar-refractivity contribution in [2.75, 3.05) is 7.05 Å². The summed E-state index contributed by atoms with van der Waals surface area (Å²) in [5.74, 6) is 0.675. The van der Waals surface area contributed by atoms with Crippen LogP contribution in [-0.2, 0) is 9.59 Å². The average molecular weight is 239 g/mol. The van der Waals surface area contributed by atoms with E-state index in [1.54, 1.807) is 0 Å². The van der Waals surface area contributed by atoms with Crippen LogP contribution < -0.4 is 0 Å². The van der Waals surface area contributed by atoms with Crippen molar-refractivity contribution in [1.82, 2.24) is 4.90 Å². The number of Topliss-reactive ketones (excluding diaryl/α,β-unsaturated/α-hetero) is 2. The maximum atomic E-state index is 11.5. The Hall–Kier alpha value is -0.700. The van der Waals surface area contributed by atoms with Gasteiger partial charge in [-0.05, 0) is 19.9 Å². The van der Waals surface area contributed by atoms with Crippen molar-refractivity contribution in [3.63, 3.8) is 0 Å². The number of carbonyl (C=O) groups is 2. The molecule has 0 aromatic carbocycles. The van der Waals surface area contributed by atoms with E-state index in [9.17, 15) is 9.59 Å². The molecule has 0 amide bonds.